The van der Waals surface area contributed by atoms with Crippen LogP contribution in [-0.4, -0.2) is 19.9 Å². The molecule has 0 fully saturated rings. The second kappa shape index (κ2) is 15.4. The van der Waals surface area contributed by atoms with Gasteiger partial charge in [0.25, 0.3) is 0 Å². The van der Waals surface area contributed by atoms with Crippen LogP contribution in [0.25, 0.3) is 101 Å². The van der Waals surface area contributed by atoms with Gasteiger partial charge in [-0.3, -0.25) is 0 Å². The van der Waals surface area contributed by atoms with Gasteiger partial charge in [0.15, 0.2) is 11.6 Å². The first-order valence-electron chi connectivity index (χ1n) is 19.5. The van der Waals surface area contributed by atoms with E-state index in [2.05, 4.69) is 146 Å². The summed E-state index contributed by atoms with van der Waals surface area (Å²) in [6.45, 7) is 0. The van der Waals surface area contributed by atoms with Gasteiger partial charge in [-0.1, -0.05) is 194 Å². The highest BCUT2D eigenvalue weighted by Gasteiger charge is 2.16. The summed E-state index contributed by atoms with van der Waals surface area (Å²) in [5, 5.41) is 2.33. The maximum Gasteiger partial charge on any atom is 0.160 e. The molecule has 0 amide bonds. The van der Waals surface area contributed by atoms with Gasteiger partial charge in [0.05, 0.1) is 22.8 Å². The molecule has 2 heterocycles. The quantitative estimate of drug-likeness (QED) is 0.156. The maximum absolute atomic E-state index is 5.13. The van der Waals surface area contributed by atoms with Crippen molar-refractivity contribution in [3.63, 3.8) is 0 Å². The summed E-state index contributed by atoms with van der Waals surface area (Å²) in [5.41, 5.74) is 14.1. The fourth-order valence-corrected chi connectivity index (χ4v) is 7.65. The van der Waals surface area contributed by atoms with Gasteiger partial charge in [-0.05, 0) is 57.3 Å². The van der Waals surface area contributed by atoms with Gasteiger partial charge in [-0.2, -0.15) is 0 Å². The van der Waals surface area contributed by atoms with E-state index in [-0.39, 0.29) is 0 Å². The Labute approximate surface area is 337 Å². The summed E-state index contributed by atoms with van der Waals surface area (Å²) in [6, 6.07) is 75.7. The van der Waals surface area contributed by atoms with E-state index in [0.29, 0.717) is 11.6 Å². The molecule has 0 aliphatic heterocycles. The summed E-state index contributed by atoms with van der Waals surface area (Å²) in [5.74, 6) is 1.37. The highest BCUT2D eigenvalue weighted by molar-refractivity contribution is 6.07. The fourth-order valence-electron chi connectivity index (χ4n) is 7.65. The molecular weight excluding hydrogens is 705 g/mol. The minimum atomic E-state index is 0.683. The number of fused-ring (bicyclic) bond motifs is 1. The summed E-state index contributed by atoms with van der Waals surface area (Å²) >= 11 is 0. The van der Waals surface area contributed by atoms with Crippen molar-refractivity contribution in [3.05, 3.63) is 218 Å². The number of hydrogen-bond acceptors (Lipinski definition) is 4. The second-order valence-electron chi connectivity index (χ2n) is 14.3. The Morgan fingerprint density at radius 3 is 0.862 bits per heavy atom. The molecule has 0 unspecified atom stereocenters. The minimum absolute atomic E-state index is 0.683. The smallest absolute Gasteiger partial charge is 0.160 e. The van der Waals surface area contributed by atoms with Gasteiger partial charge in [-0.25, -0.2) is 19.9 Å². The van der Waals surface area contributed by atoms with Crippen LogP contribution < -0.4 is 0 Å². The third-order valence-corrected chi connectivity index (χ3v) is 10.5. The Morgan fingerprint density at radius 1 is 0.224 bits per heavy atom. The highest BCUT2D eigenvalue weighted by atomic mass is 14.9. The van der Waals surface area contributed by atoms with E-state index in [9.17, 15) is 0 Å². The lowest BCUT2D eigenvalue weighted by molar-refractivity contribution is 1.18. The normalized spacial score (nSPS) is 11.1. The molecule has 0 saturated heterocycles. The van der Waals surface area contributed by atoms with E-state index < -0.39 is 0 Å². The molecule has 58 heavy (non-hydrogen) atoms. The summed E-state index contributed by atoms with van der Waals surface area (Å²) in [6.07, 6.45) is 0. The lowest BCUT2D eigenvalue weighted by Gasteiger charge is -2.15. The van der Waals surface area contributed by atoms with E-state index in [1.54, 1.807) is 0 Å². The van der Waals surface area contributed by atoms with Crippen molar-refractivity contribution in [1.82, 2.24) is 19.9 Å². The van der Waals surface area contributed by atoms with E-state index in [1.165, 1.54) is 5.39 Å². The molecule has 8 aromatic carbocycles. The number of aromatic nitrogens is 4. The Bertz CT molecular complexity index is 2720. The van der Waals surface area contributed by atoms with E-state index in [0.717, 1.165) is 83.8 Å². The van der Waals surface area contributed by atoms with Crippen LogP contribution >= 0.6 is 0 Å². The van der Waals surface area contributed by atoms with E-state index in [4.69, 9.17) is 19.9 Å². The average molecular weight is 741 g/mol. The first-order valence-corrected chi connectivity index (χ1v) is 19.5. The maximum atomic E-state index is 5.13. The first-order chi connectivity index (χ1) is 28.7. The van der Waals surface area contributed by atoms with Gasteiger partial charge in [0.2, 0.25) is 0 Å². The van der Waals surface area contributed by atoms with Gasteiger partial charge >= 0.3 is 0 Å². The Kier molecular flexibility index (Phi) is 9.18. The van der Waals surface area contributed by atoms with E-state index in [1.807, 2.05) is 72.8 Å². The molecule has 0 saturated carbocycles. The lowest BCUT2D eigenvalue weighted by atomic mass is 9.90. The molecule has 0 N–H and O–H groups in total. The minimum Gasteiger partial charge on any atom is -0.228 e. The summed E-state index contributed by atoms with van der Waals surface area (Å²) in [7, 11) is 0. The number of rotatable bonds is 8. The van der Waals surface area contributed by atoms with Crippen molar-refractivity contribution >= 4 is 10.8 Å². The zero-order chi connectivity index (χ0) is 38.7. The highest BCUT2D eigenvalue weighted by Crippen LogP contribution is 2.39. The number of hydrogen-bond donors (Lipinski definition) is 0. The summed E-state index contributed by atoms with van der Waals surface area (Å²) in [4.78, 5) is 20.5. The predicted octanol–water partition coefficient (Wildman–Crippen LogP) is 13.8. The molecule has 10 aromatic rings. The molecule has 0 aliphatic carbocycles. The molecule has 272 valence electrons. The van der Waals surface area contributed by atoms with Crippen molar-refractivity contribution in [3.8, 4) is 90.1 Å². The Morgan fingerprint density at radius 2 is 0.517 bits per heavy atom. The second-order valence-corrected chi connectivity index (χ2v) is 14.3. The largest absolute Gasteiger partial charge is 0.228 e. The van der Waals surface area contributed by atoms with Crippen LogP contribution in [-0.2, 0) is 0 Å². The molecule has 0 bridgehead atoms. The van der Waals surface area contributed by atoms with Crippen LogP contribution in [0.5, 0.6) is 0 Å². The third-order valence-electron chi connectivity index (χ3n) is 10.5. The monoisotopic (exact) mass is 740 g/mol. The van der Waals surface area contributed by atoms with Gasteiger partial charge in [0.1, 0.15) is 0 Å². The van der Waals surface area contributed by atoms with Crippen LogP contribution in [0.15, 0.2) is 218 Å². The van der Waals surface area contributed by atoms with Gasteiger partial charge in [-0.15, -0.1) is 0 Å². The van der Waals surface area contributed by atoms with Crippen molar-refractivity contribution in [2.24, 2.45) is 0 Å². The number of benzene rings is 8. The molecule has 10 rings (SSSR count). The molecular formula is C54H36N4. The van der Waals surface area contributed by atoms with Crippen LogP contribution in [0.3, 0.4) is 0 Å². The first kappa shape index (κ1) is 34.7. The Hall–Kier alpha value is -7.82. The van der Waals surface area contributed by atoms with E-state index >= 15 is 0 Å². The van der Waals surface area contributed by atoms with Crippen molar-refractivity contribution in [1.29, 1.82) is 0 Å². The Balaban J connectivity index is 1.09. The zero-order valence-corrected chi connectivity index (χ0v) is 31.6. The summed E-state index contributed by atoms with van der Waals surface area (Å²) < 4.78 is 0. The topological polar surface area (TPSA) is 51.6 Å². The lowest BCUT2D eigenvalue weighted by Crippen LogP contribution is -1.96. The van der Waals surface area contributed by atoms with Crippen LogP contribution in [0.4, 0.5) is 0 Å². The van der Waals surface area contributed by atoms with Crippen molar-refractivity contribution < 1.29 is 0 Å². The zero-order valence-electron chi connectivity index (χ0n) is 31.6. The van der Waals surface area contributed by atoms with Gasteiger partial charge < -0.3 is 0 Å². The molecule has 2 aromatic heterocycles. The molecule has 4 heteroatoms. The standard InChI is InChI=1S/C54H36N4/c1-5-17-37(18-6-1)48-35-49(38-19-7-2-8-20-38)56-53(55-48)44-29-13-27-42(33-44)46-31-15-25-41-26-16-32-47(52(41)46)43-28-14-30-45(34-43)54-57-50(39-21-9-3-10-22-39)36-51(58-54)40-23-11-4-12-24-40/h1-36H. The predicted molar refractivity (Wildman–Crippen MR) is 239 cm³/mol. The molecule has 0 radical (unpaired) electrons. The molecule has 0 aliphatic rings. The fraction of sp³-hybridized carbons (Fsp3) is 0. The van der Waals surface area contributed by atoms with Gasteiger partial charge in [0, 0.05) is 33.4 Å². The van der Waals surface area contributed by atoms with Crippen LogP contribution in [0, 0.1) is 0 Å². The SMILES string of the molecule is c1ccc(-c2cc(-c3ccccc3)nc(-c3cccc(-c4cccc5cccc(-c6cccc(-c7nc(-c8ccccc8)cc(-c8ccccc8)n7)c6)c45)c3)n2)cc1. The molecule has 0 atom stereocenters. The number of nitrogens with zero attached hydrogens (tertiary/aromatic N) is 4. The molecule has 4 nitrogen and oxygen atoms in total. The van der Waals surface area contributed by atoms with Crippen molar-refractivity contribution in [2.45, 2.75) is 0 Å². The third kappa shape index (κ3) is 6.95. The van der Waals surface area contributed by atoms with Crippen LogP contribution in [0.1, 0.15) is 0 Å². The molecule has 0 spiro atoms. The van der Waals surface area contributed by atoms with Crippen molar-refractivity contribution in [2.75, 3.05) is 0 Å². The van der Waals surface area contributed by atoms with Crippen LogP contribution in [0.2, 0.25) is 0 Å². The average Bonchev–Trinajstić information content (AvgIpc) is 3.32.